The number of carbonyl (C=O) groups excluding carboxylic acids is 1. The number of hydrogen-bond donors (Lipinski definition) is 1. The molecule has 24 heavy (non-hydrogen) atoms. The van der Waals surface area contributed by atoms with Crippen LogP contribution in [0.1, 0.15) is 5.56 Å². The summed E-state index contributed by atoms with van der Waals surface area (Å²) in [5.74, 6) is -0.355. The van der Waals surface area contributed by atoms with Gasteiger partial charge in [-0.2, -0.15) is 13.2 Å². The molecule has 0 radical (unpaired) electrons. The van der Waals surface area contributed by atoms with Gasteiger partial charge < -0.3 is 10.1 Å². The predicted octanol–water partition coefficient (Wildman–Crippen LogP) is 5.79. The van der Waals surface area contributed by atoms with Gasteiger partial charge in [-0.15, -0.1) is 0 Å². The largest absolute Gasteiger partial charge is 0.482 e. The van der Waals surface area contributed by atoms with Gasteiger partial charge >= 0.3 is 6.18 Å². The van der Waals surface area contributed by atoms with Crippen molar-refractivity contribution in [3.8, 4) is 5.75 Å². The molecule has 0 aliphatic heterocycles. The Kier molecular flexibility index (Phi) is 6.01. The average Bonchev–Trinajstić information content (AvgIpc) is 2.47. The molecule has 2 aromatic carbocycles. The van der Waals surface area contributed by atoms with Crippen molar-refractivity contribution in [2.45, 2.75) is 6.18 Å². The summed E-state index contributed by atoms with van der Waals surface area (Å²) in [5, 5.41) is 2.16. The van der Waals surface area contributed by atoms with Crippen LogP contribution in [0.15, 0.2) is 40.9 Å². The third-order valence-corrected chi connectivity index (χ3v) is 3.93. The maximum atomic E-state index is 12.8. The summed E-state index contributed by atoms with van der Waals surface area (Å²) in [6.07, 6.45) is -4.61. The van der Waals surface area contributed by atoms with Crippen molar-refractivity contribution < 1.29 is 22.7 Å². The number of halogens is 6. The van der Waals surface area contributed by atoms with Crippen molar-refractivity contribution in [3.05, 3.63) is 56.5 Å². The normalized spacial score (nSPS) is 11.2. The van der Waals surface area contributed by atoms with E-state index >= 15 is 0 Å². The SMILES string of the molecule is O=C(COc1ccc(Br)cc1Cl)Nc1ccc(Cl)c(C(F)(F)F)c1. The highest BCUT2D eigenvalue weighted by atomic mass is 79.9. The molecule has 2 rings (SSSR count). The second-order valence-electron chi connectivity index (χ2n) is 4.60. The van der Waals surface area contributed by atoms with Crippen LogP contribution in [0.3, 0.4) is 0 Å². The fourth-order valence-electron chi connectivity index (χ4n) is 1.75. The molecular formula is C15H9BrCl2F3NO2. The van der Waals surface area contributed by atoms with Gasteiger partial charge in [0.1, 0.15) is 5.75 Å². The summed E-state index contributed by atoms with van der Waals surface area (Å²) in [5.41, 5.74) is -1.07. The summed E-state index contributed by atoms with van der Waals surface area (Å²) < 4.78 is 44.3. The van der Waals surface area contributed by atoms with E-state index in [0.29, 0.717) is 5.02 Å². The number of anilines is 1. The number of nitrogens with one attached hydrogen (secondary N) is 1. The molecule has 0 fully saturated rings. The zero-order chi connectivity index (χ0) is 17.9. The van der Waals surface area contributed by atoms with Crippen molar-refractivity contribution >= 4 is 50.7 Å². The lowest BCUT2D eigenvalue weighted by Crippen LogP contribution is -2.20. The van der Waals surface area contributed by atoms with Gasteiger partial charge in [0.25, 0.3) is 5.91 Å². The molecule has 0 saturated carbocycles. The van der Waals surface area contributed by atoms with Crippen LogP contribution < -0.4 is 10.1 Å². The Hall–Kier alpha value is -1.44. The Balaban J connectivity index is 2.02. The van der Waals surface area contributed by atoms with Crippen LogP contribution in [0.5, 0.6) is 5.75 Å². The number of ether oxygens (including phenoxy) is 1. The second-order valence-corrected chi connectivity index (χ2v) is 6.33. The van der Waals surface area contributed by atoms with Crippen LogP contribution in [0.4, 0.5) is 18.9 Å². The first-order chi connectivity index (χ1) is 11.2. The Bertz CT molecular complexity index is 769. The molecule has 128 valence electrons. The van der Waals surface area contributed by atoms with Gasteiger partial charge in [-0.3, -0.25) is 4.79 Å². The number of hydrogen-bond acceptors (Lipinski definition) is 2. The first-order valence-electron chi connectivity index (χ1n) is 6.41. The highest BCUT2D eigenvalue weighted by Gasteiger charge is 2.33. The minimum atomic E-state index is -4.61. The van der Waals surface area contributed by atoms with E-state index in [1.165, 1.54) is 6.07 Å². The van der Waals surface area contributed by atoms with E-state index in [-0.39, 0.29) is 11.4 Å². The summed E-state index contributed by atoms with van der Waals surface area (Å²) in [6, 6.07) is 7.91. The highest BCUT2D eigenvalue weighted by Crippen LogP contribution is 2.36. The third kappa shape index (κ3) is 5.03. The van der Waals surface area contributed by atoms with Gasteiger partial charge in [0.2, 0.25) is 0 Å². The molecular weight excluding hydrogens is 434 g/mol. The van der Waals surface area contributed by atoms with Gasteiger partial charge in [-0.1, -0.05) is 39.1 Å². The van der Waals surface area contributed by atoms with Crippen molar-refractivity contribution in [2.24, 2.45) is 0 Å². The van der Waals surface area contributed by atoms with Gasteiger partial charge in [0.05, 0.1) is 15.6 Å². The molecule has 0 spiro atoms. The lowest BCUT2D eigenvalue weighted by molar-refractivity contribution is -0.137. The van der Waals surface area contributed by atoms with E-state index in [2.05, 4.69) is 21.2 Å². The molecule has 2 aromatic rings. The Labute approximate surface area is 153 Å². The van der Waals surface area contributed by atoms with E-state index in [1.807, 2.05) is 0 Å². The summed E-state index contributed by atoms with van der Waals surface area (Å²) in [4.78, 5) is 11.8. The van der Waals surface area contributed by atoms with E-state index in [4.69, 9.17) is 27.9 Å². The fourth-order valence-corrected chi connectivity index (χ4v) is 2.71. The van der Waals surface area contributed by atoms with Gasteiger partial charge in [-0.05, 0) is 36.4 Å². The number of amides is 1. The van der Waals surface area contributed by atoms with Crippen molar-refractivity contribution in [3.63, 3.8) is 0 Å². The van der Waals surface area contributed by atoms with E-state index in [9.17, 15) is 18.0 Å². The van der Waals surface area contributed by atoms with Crippen LogP contribution in [0.25, 0.3) is 0 Å². The predicted molar refractivity (Wildman–Crippen MR) is 89.7 cm³/mol. The summed E-state index contributed by atoms with van der Waals surface area (Å²) in [7, 11) is 0. The number of benzene rings is 2. The monoisotopic (exact) mass is 441 g/mol. The molecule has 3 nitrogen and oxygen atoms in total. The third-order valence-electron chi connectivity index (χ3n) is 2.81. The number of rotatable bonds is 4. The lowest BCUT2D eigenvalue weighted by Gasteiger charge is -2.12. The first kappa shape index (κ1) is 18.9. The van der Waals surface area contributed by atoms with Crippen molar-refractivity contribution in [1.82, 2.24) is 0 Å². The van der Waals surface area contributed by atoms with Crippen LogP contribution in [-0.2, 0) is 11.0 Å². The molecule has 1 amide bonds. The number of alkyl halides is 3. The zero-order valence-electron chi connectivity index (χ0n) is 11.8. The molecule has 0 unspecified atom stereocenters. The quantitative estimate of drug-likeness (QED) is 0.650. The minimum Gasteiger partial charge on any atom is -0.482 e. The molecule has 0 bridgehead atoms. The summed E-state index contributed by atoms with van der Waals surface area (Å²) in [6.45, 7) is -0.411. The van der Waals surface area contributed by atoms with E-state index in [1.54, 1.807) is 18.2 Å². The van der Waals surface area contributed by atoms with Gasteiger partial charge in [-0.25, -0.2) is 0 Å². The standard InChI is InChI=1S/C15H9BrCl2F3NO2/c16-8-1-4-13(12(18)5-8)24-7-14(23)22-9-2-3-11(17)10(6-9)15(19,20)21/h1-6H,7H2,(H,22,23). The zero-order valence-corrected chi connectivity index (χ0v) is 14.9. The van der Waals surface area contributed by atoms with Crippen LogP contribution in [0.2, 0.25) is 10.0 Å². The highest BCUT2D eigenvalue weighted by molar-refractivity contribution is 9.10. The van der Waals surface area contributed by atoms with Gasteiger partial charge in [0.15, 0.2) is 6.61 Å². The average molecular weight is 443 g/mol. The molecule has 0 aliphatic rings. The Morgan fingerprint density at radius 3 is 2.46 bits per heavy atom. The van der Waals surface area contributed by atoms with E-state index < -0.39 is 29.3 Å². The van der Waals surface area contributed by atoms with Crippen LogP contribution >= 0.6 is 39.1 Å². The molecule has 0 aliphatic carbocycles. The lowest BCUT2D eigenvalue weighted by atomic mass is 10.2. The van der Waals surface area contributed by atoms with Crippen molar-refractivity contribution in [1.29, 1.82) is 0 Å². The maximum Gasteiger partial charge on any atom is 0.417 e. The molecule has 9 heteroatoms. The smallest absolute Gasteiger partial charge is 0.417 e. The molecule has 0 heterocycles. The topological polar surface area (TPSA) is 38.3 Å². The Morgan fingerprint density at radius 1 is 1.12 bits per heavy atom. The van der Waals surface area contributed by atoms with E-state index in [0.717, 1.165) is 16.6 Å². The fraction of sp³-hybridized carbons (Fsp3) is 0.133. The van der Waals surface area contributed by atoms with Crippen molar-refractivity contribution in [2.75, 3.05) is 11.9 Å². The second kappa shape index (κ2) is 7.63. The van der Waals surface area contributed by atoms with Crippen LogP contribution in [-0.4, -0.2) is 12.5 Å². The molecule has 0 saturated heterocycles. The molecule has 0 aromatic heterocycles. The molecule has 0 atom stereocenters. The van der Waals surface area contributed by atoms with Crippen LogP contribution in [0, 0.1) is 0 Å². The van der Waals surface area contributed by atoms with Gasteiger partial charge in [0, 0.05) is 10.2 Å². The first-order valence-corrected chi connectivity index (χ1v) is 7.96. The minimum absolute atomic E-state index is 0.0396. The maximum absolute atomic E-state index is 12.8. The molecule has 1 N–H and O–H groups in total. The summed E-state index contributed by atoms with van der Waals surface area (Å²) >= 11 is 14.7. The number of carbonyl (C=O) groups is 1. The Morgan fingerprint density at radius 2 is 1.83 bits per heavy atom.